The Labute approximate surface area is 248 Å². The van der Waals surface area contributed by atoms with E-state index >= 15 is 4.39 Å². The first kappa shape index (κ1) is 28.8. The van der Waals surface area contributed by atoms with Gasteiger partial charge in [-0.2, -0.15) is 18.4 Å². The molecule has 0 saturated carbocycles. The van der Waals surface area contributed by atoms with Gasteiger partial charge in [0.1, 0.15) is 34.9 Å². The number of anilines is 1. The second-order valence-corrected chi connectivity index (χ2v) is 10.2. The molecule has 3 aromatic carbocycles. The summed E-state index contributed by atoms with van der Waals surface area (Å²) in [6, 6.07) is 9.00. The van der Waals surface area contributed by atoms with Gasteiger partial charge in [-0.3, -0.25) is 14.0 Å². The van der Waals surface area contributed by atoms with Crippen molar-refractivity contribution >= 4 is 34.7 Å². The SMILES string of the molecule is N#Cc1cnc2cc(F)c(-c3cc(NC(=O)c4cc(F)cc(C(F)(F)F)c4)c4c(c3)C(=O)NC4c3cc(F)ccc3Cl)cn12. The molecule has 14 heteroatoms. The van der Waals surface area contributed by atoms with Crippen molar-refractivity contribution in [3.05, 3.63) is 123 Å². The van der Waals surface area contributed by atoms with E-state index in [-0.39, 0.29) is 55.9 Å². The van der Waals surface area contributed by atoms with Crippen molar-refractivity contribution < 1.29 is 35.9 Å². The first-order chi connectivity index (χ1) is 20.8. The number of rotatable bonds is 4. The number of nitrogens with zero attached hydrogens (tertiary/aromatic N) is 3. The largest absolute Gasteiger partial charge is 0.416 e. The summed E-state index contributed by atoms with van der Waals surface area (Å²) < 4.78 is 85.0. The zero-order valence-electron chi connectivity index (χ0n) is 21.7. The van der Waals surface area contributed by atoms with E-state index in [2.05, 4.69) is 15.6 Å². The minimum atomic E-state index is -4.96. The molecular weight excluding hydrogens is 612 g/mol. The van der Waals surface area contributed by atoms with Gasteiger partial charge in [-0.15, -0.1) is 0 Å². The molecule has 0 bridgehead atoms. The Morgan fingerprint density at radius 3 is 2.52 bits per heavy atom. The van der Waals surface area contributed by atoms with Crippen LogP contribution >= 0.6 is 11.6 Å². The molecule has 1 atom stereocenters. The second-order valence-electron chi connectivity index (χ2n) is 9.76. The van der Waals surface area contributed by atoms with E-state index in [0.29, 0.717) is 12.1 Å². The molecule has 1 aliphatic heterocycles. The van der Waals surface area contributed by atoms with Gasteiger partial charge in [0.05, 0.1) is 17.8 Å². The number of carbonyl (C=O) groups is 2. The van der Waals surface area contributed by atoms with E-state index in [4.69, 9.17) is 11.6 Å². The van der Waals surface area contributed by atoms with Crippen LogP contribution in [0.2, 0.25) is 5.02 Å². The van der Waals surface area contributed by atoms with Crippen LogP contribution in [0.25, 0.3) is 16.8 Å². The van der Waals surface area contributed by atoms with Gasteiger partial charge in [-0.05, 0) is 54.1 Å². The van der Waals surface area contributed by atoms with Crippen LogP contribution in [0.5, 0.6) is 0 Å². The third-order valence-electron chi connectivity index (χ3n) is 7.02. The average Bonchev–Trinajstić information content (AvgIpc) is 3.52. The number of nitriles is 1. The van der Waals surface area contributed by atoms with Crippen molar-refractivity contribution in [2.45, 2.75) is 12.2 Å². The molecule has 1 aliphatic rings. The lowest BCUT2D eigenvalue weighted by atomic mass is 9.92. The topological polar surface area (TPSA) is 99.3 Å². The van der Waals surface area contributed by atoms with Crippen molar-refractivity contribution in [3.8, 4) is 17.2 Å². The first-order valence-electron chi connectivity index (χ1n) is 12.5. The molecule has 44 heavy (non-hydrogen) atoms. The maximum Gasteiger partial charge on any atom is 0.416 e. The molecule has 0 fully saturated rings. The van der Waals surface area contributed by atoms with Gasteiger partial charge in [-0.1, -0.05) is 11.6 Å². The van der Waals surface area contributed by atoms with Crippen LogP contribution in [0.3, 0.4) is 0 Å². The summed E-state index contributed by atoms with van der Waals surface area (Å²) >= 11 is 6.31. The highest BCUT2D eigenvalue weighted by Crippen LogP contribution is 2.42. The third-order valence-corrected chi connectivity index (χ3v) is 7.36. The number of alkyl halides is 3. The molecule has 0 spiro atoms. The maximum absolute atomic E-state index is 15.3. The Balaban J connectivity index is 1.55. The molecule has 220 valence electrons. The van der Waals surface area contributed by atoms with Gasteiger partial charge in [-0.25, -0.2) is 18.2 Å². The number of halogens is 7. The van der Waals surface area contributed by atoms with E-state index in [1.54, 1.807) is 0 Å². The zero-order valence-corrected chi connectivity index (χ0v) is 22.5. The number of fused-ring (bicyclic) bond motifs is 2. The van der Waals surface area contributed by atoms with E-state index < -0.39 is 52.6 Å². The average molecular weight is 626 g/mol. The van der Waals surface area contributed by atoms with Crippen LogP contribution in [0.15, 0.2) is 67.0 Å². The van der Waals surface area contributed by atoms with Gasteiger partial charge in [0.2, 0.25) is 0 Å². The number of benzene rings is 3. The van der Waals surface area contributed by atoms with Crippen LogP contribution in [0.1, 0.15) is 49.1 Å². The summed E-state index contributed by atoms with van der Waals surface area (Å²) in [4.78, 5) is 30.4. The highest BCUT2D eigenvalue weighted by molar-refractivity contribution is 6.31. The molecule has 0 saturated heterocycles. The van der Waals surface area contributed by atoms with Gasteiger partial charge in [0, 0.05) is 50.8 Å². The number of carbonyl (C=O) groups excluding carboxylic acids is 2. The van der Waals surface area contributed by atoms with Gasteiger partial charge >= 0.3 is 6.18 Å². The zero-order chi connectivity index (χ0) is 31.5. The molecule has 1 unspecified atom stereocenters. The lowest BCUT2D eigenvalue weighted by Gasteiger charge is -2.19. The number of hydrogen-bond donors (Lipinski definition) is 2. The van der Waals surface area contributed by atoms with E-state index in [9.17, 15) is 36.8 Å². The Morgan fingerprint density at radius 1 is 1.02 bits per heavy atom. The Hall–Kier alpha value is -5.35. The normalized spacial score (nSPS) is 14.3. The van der Waals surface area contributed by atoms with Gasteiger partial charge < -0.3 is 10.6 Å². The van der Waals surface area contributed by atoms with Crippen LogP contribution < -0.4 is 10.6 Å². The van der Waals surface area contributed by atoms with Crippen molar-refractivity contribution in [2.24, 2.45) is 0 Å². The molecule has 7 nitrogen and oxygen atoms in total. The second kappa shape index (κ2) is 10.4. The lowest BCUT2D eigenvalue weighted by molar-refractivity contribution is -0.137. The molecule has 0 aliphatic carbocycles. The summed E-state index contributed by atoms with van der Waals surface area (Å²) in [5.41, 5.74) is -2.17. The molecule has 2 N–H and O–H groups in total. The maximum atomic E-state index is 15.3. The number of pyridine rings is 1. The fraction of sp³-hybridized carbons (Fsp3) is 0.0667. The summed E-state index contributed by atoms with van der Waals surface area (Å²) in [7, 11) is 0. The Kier molecular flexibility index (Phi) is 6.81. The van der Waals surface area contributed by atoms with Crippen molar-refractivity contribution in [1.29, 1.82) is 5.26 Å². The predicted molar refractivity (Wildman–Crippen MR) is 145 cm³/mol. The predicted octanol–water partition coefficient (Wildman–Crippen LogP) is 7.05. The number of imidazole rings is 1. The van der Waals surface area contributed by atoms with Crippen LogP contribution in [0, 0.1) is 28.8 Å². The highest BCUT2D eigenvalue weighted by atomic mass is 35.5. The standard InChI is InChI=1S/C30H14ClF6N5O2/c31-22-2-1-16(32)8-19(22)27-26-20(29(44)41-27)5-13(21-12-42-18(10-38)11-39-25(42)9-23(21)34)6-24(26)40-28(43)14-3-15(30(35,36)37)7-17(33)4-14/h1-9,11-12,27H,(H,40,43)(H,41,44). The van der Waals surface area contributed by atoms with E-state index in [1.165, 1.54) is 35.0 Å². The Bertz CT molecular complexity index is 2090. The number of aromatic nitrogens is 2. The van der Waals surface area contributed by atoms with Gasteiger partial charge in [0.15, 0.2) is 0 Å². The summed E-state index contributed by atoms with van der Waals surface area (Å²) in [6.45, 7) is 0. The van der Waals surface area contributed by atoms with Crippen molar-refractivity contribution in [3.63, 3.8) is 0 Å². The molecule has 2 aromatic heterocycles. The molecule has 3 heterocycles. The Morgan fingerprint density at radius 2 is 1.80 bits per heavy atom. The van der Waals surface area contributed by atoms with Crippen molar-refractivity contribution in [2.75, 3.05) is 5.32 Å². The lowest BCUT2D eigenvalue weighted by Crippen LogP contribution is -2.21. The monoisotopic (exact) mass is 625 g/mol. The number of nitrogens with one attached hydrogen (secondary N) is 2. The van der Waals surface area contributed by atoms with Crippen LogP contribution in [-0.2, 0) is 6.18 Å². The smallest absolute Gasteiger partial charge is 0.341 e. The molecule has 0 radical (unpaired) electrons. The number of amides is 2. The quantitative estimate of drug-likeness (QED) is 0.209. The fourth-order valence-corrected chi connectivity index (χ4v) is 5.26. The summed E-state index contributed by atoms with van der Waals surface area (Å²) in [5, 5.41) is 14.5. The molecule has 5 aromatic rings. The number of hydrogen-bond acceptors (Lipinski definition) is 4. The fourth-order valence-electron chi connectivity index (χ4n) is 5.03. The minimum absolute atomic E-state index is 0.0207. The molecule has 2 amide bonds. The van der Waals surface area contributed by atoms with Crippen molar-refractivity contribution in [1.82, 2.24) is 14.7 Å². The van der Waals surface area contributed by atoms with Gasteiger partial charge in [0.25, 0.3) is 11.8 Å². The van der Waals surface area contributed by atoms with Crippen LogP contribution in [0.4, 0.5) is 32.0 Å². The molecular formula is C30H14ClF6N5O2. The highest BCUT2D eigenvalue weighted by Gasteiger charge is 2.36. The third kappa shape index (κ3) is 4.99. The van der Waals surface area contributed by atoms with E-state index in [1.807, 2.05) is 6.07 Å². The summed E-state index contributed by atoms with van der Waals surface area (Å²) in [5.74, 6) is -4.73. The van der Waals surface area contributed by atoms with E-state index in [0.717, 1.165) is 18.2 Å². The van der Waals surface area contributed by atoms with Crippen LogP contribution in [-0.4, -0.2) is 21.2 Å². The molecule has 6 rings (SSSR count). The summed E-state index contributed by atoms with van der Waals surface area (Å²) in [6.07, 6.45) is -2.49. The minimum Gasteiger partial charge on any atom is -0.341 e. The first-order valence-corrected chi connectivity index (χ1v) is 12.9.